The van der Waals surface area contributed by atoms with Gasteiger partial charge < -0.3 is 37.3 Å². The Kier molecular flexibility index (Phi) is 20.4. The Hall–Kier alpha value is -18.8. The van der Waals surface area contributed by atoms with Gasteiger partial charge in [-0.25, -0.2) is 0 Å². The smallest absolute Gasteiger partial charge is 0.143 e. The highest BCUT2D eigenvalue weighted by atomic mass is 16.3. The molecule has 4 aromatic heterocycles. The molecule has 0 bridgehead atoms. The maximum Gasteiger partial charge on any atom is 0.143 e. The van der Waals surface area contributed by atoms with Crippen LogP contribution in [0.1, 0.15) is 0 Å². The zero-order valence-electron chi connectivity index (χ0n) is 76.1. The van der Waals surface area contributed by atoms with Gasteiger partial charge in [0.05, 0.1) is 0 Å². The van der Waals surface area contributed by atoms with Gasteiger partial charge in [0.25, 0.3) is 0 Å². The van der Waals surface area contributed by atoms with Gasteiger partial charge in [0.15, 0.2) is 0 Å². The van der Waals surface area contributed by atoms with E-state index in [-0.39, 0.29) is 0 Å². The third kappa shape index (κ3) is 14.9. The van der Waals surface area contributed by atoms with Gasteiger partial charge in [-0.15, -0.1) is 0 Å². The molecular weight excluding hydrogens is 1710 g/mol. The molecule has 0 radical (unpaired) electrons. The van der Waals surface area contributed by atoms with E-state index in [1.54, 1.807) is 0 Å². The van der Waals surface area contributed by atoms with E-state index < -0.39 is 0 Å². The zero-order chi connectivity index (χ0) is 92.5. The number of benzene rings is 22. The van der Waals surface area contributed by atoms with Gasteiger partial charge in [0.1, 0.15) is 44.7 Å². The second kappa shape index (κ2) is 34.9. The van der Waals surface area contributed by atoms with Crippen molar-refractivity contribution in [3.63, 3.8) is 0 Å². The van der Waals surface area contributed by atoms with Gasteiger partial charge in [-0.2, -0.15) is 0 Å². The van der Waals surface area contributed by atoms with E-state index in [1.807, 2.05) is 36.4 Å². The molecule has 26 aromatic rings. The van der Waals surface area contributed by atoms with Gasteiger partial charge in [0.2, 0.25) is 0 Å². The molecule has 8 heteroatoms. The molecule has 0 saturated carbocycles. The molecule has 26 rings (SSSR count). The third-order valence-electron chi connectivity index (χ3n) is 27.6. The van der Waals surface area contributed by atoms with Crippen LogP contribution in [0.4, 0.5) is 68.2 Å². The molecule has 0 atom stereocenters. The molecule has 0 N–H and O–H groups in total. The normalized spacial score (nSPS) is 11.6. The van der Waals surface area contributed by atoms with Gasteiger partial charge in [0, 0.05) is 134 Å². The van der Waals surface area contributed by atoms with Gasteiger partial charge in [-0.05, 0) is 254 Å². The van der Waals surface area contributed by atoms with Crippen molar-refractivity contribution < 1.29 is 17.7 Å². The minimum atomic E-state index is 0.842. The Morgan fingerprint density at radius 1 is 0.107 bits per heavy atom. The summed E-state index contributed by atoms with van der Waals surface area (Å²) in [6.45, 7) is 0. The highest BCUT2D eigenvalue weighted by molar-refractivity contribution is 6.17. The van der Waals surface area contributed by atoms with Crippen molar-refractivity contribution >= 4 is 156 Å². The summed E-state index contributed by atoms with van der Waals surface area (Å²) in [5.41, 5.74) is 39.3. The average Bonchev–Trinajstić information content (AvgIpc) is 1.58. The first-order valence-corrected chi connectivity index (χ1v) is 47.5. The molecule has 0 aliphatic carbocycles. The minimum absolute atomic E-state index is 0.842. The summed E-state index contributed by atoms with van der Waals surface area (Å²) in [5, 5.41) is 8.83. The molecule has 22 aromatic carbocycles. The number of fused-ring (bicyclic) bond motifs is 12. The second-order valence-corrected chi connectivity index (χ2v) is 35.7. The van der Waals surface area contributed by atoms with E-state index in [2.05, 4.69) is 505 Å². The van der Waals surface area contributed by atoms with Gasteiger partial charge in [-0.3, -0.25) is 0 Å². The Morgan fingerprint density at radius 2 is 0.286 bits per heavy atom. The lowest BCUT2D eigenvalue weighted by molar-refractivity contribution is 0.669. The minimum Gasteiger partial charge on any atom is -0.455 e. The van der Waals surface area contributed by atoms with E-state index >= 15 is 0 Å². The van der Waals surface area contributed by atoms with Crippen LogP contribution in [0.25, 0.3) is 188 Å². The first-order valence-electron chi connectivity index (χ1n) is 47.5. The third-order valence-corrected chi connectivity index (χ3v) is 27.6. The summed E-state index contributed by atoms with van der Waals surface area (Å²) < 4.78 is 26.5. The molecule has 658 valence electrons. The van der Waals surface area contributed by atoms with Crippen molar-refractivity contribution in [2.45, 2.75) is 0 Å². The van der Waals surface area contributed by atoms with Crippen molar-refractivity contribution in [1.82, 2.24) is 0 Å². The Bertz CT molecular complexity index is 9080. The van der Waals surface area contributed by atoms with Crippen molar-refractivity contribution in [1.29, 1.82) is 0 Å². The quantitative estimate of drug-likeness (QED) is 0.0705. The first kappa shape index (κ1) is 82.0. The highest BCUT2D eigenvalue weighted by Crippen LogP contribution is 2.50. The standard InChI is InChI=1S/C132H86N4O4/c1-4-21-87(22-5-1)89-45-65-104(66-46-89)135(110-79-59-97(60-80-110)114-32-19-35-121-118-28-11-15-38-125(118)138-130(114)121)106-73-53-93(54-74-106)94-55-75-107(76-56-94)136(111-81-61-98(62-82-111)115-33-20-36-122-119-29-12-16-39-126(119)139-131(115)122)105-71-47-90(48-72-105)88-41-43-95(44-42-88)112-85-86-116(132-128(112)123-30-13-17-40-127(123)140-132)99-63-83-109(84-64-99)134(101-25-8-3-9-26-101)103-69-51-92(52-70-103)91-49-67-102(68-50-91)133(100-23-6-2-7-24-100)108-77-57-96(58-78-108)113-31-18-34-120-117-27-10-14-37-124(117)137-129(113)120/h1-86H. The molecule has 0 fully saturated rings. The van der Waals surface area contributed by atoms with E-state index in [4.69, 9.17) is 17.7 Å². The average molecular weight is 1790 g/mol. The van der Waals surface area contributed by atoms with E-state index in [1.165, 1.54) is 5.56 Å². The van der Waals surface area contributed by atoms with Crippen molar-refractivity contribution in [2.75, 3.05) is 19.6 Å². The lowest BCUT2D eigenvalue weighted by atomic mass is 9.93. The summed E-state index contributed by atoms with van der Waals surface area (Å²) >= 11 is 0. The number of hydrogen-bond acceptors (Lipinski definition) is 8. The summed E-state index contributed by atoms with van der Waals surface area (Å²) in [6.07, 6.45) is 0. The van der Waals surface area contributed by atoms with Crippen LogP contribution in [0.5, 0.6) is 0 Å². The molecule has 4 heterocycles. The highest BCUT2D eigenvalue weighted by Gasteiger charge is 2.25. The topological polar surface area (TPSA) is 65.5 Å². The van der Waals surface area contributed by atoms with Gasteiger partial charge in [-0.1, -0.05) is 346 Å². The Labute approximate surface area is 809 Å². The Morgan fingerprint density at radius 3 is 0.571 bits per heavy atom. The molecule has 8 nitrogen and oxygen atoms in total. The number of rotatable bonds is 21. The lowest BCUT2D eigenvalue weighted by Gasteiger charge is -2.27. The van der Waals surface area contributed by atoms with Crippen molar-refractivity contribution in [2.24, 2.45) is 0 Å². The lowest BCUT2D eigenvalue weighted by Crippen LogP contribution is -2.10. The maximum absolute atomic E-state index is 6.97. The SMILES string of the molecule is c1ccc(-c2ccc(N(c3ccc(-c4ccc(N(c5ccc(-c6ccc(-c7ccc(-c8ccc(N(c9ccccc9)c9ccc(-c%10ccc(N(c%11ccccc%11)c%11ccc(-c%12cccc%13c%12oc%12ccccc%12%13)cc%11)cc%10)cc9)cc8)c8oc9ccccc9c78)cc6)cc5)c5ccc(-c6cccc7c6oc6ccccc67)cc5)cc4)cc3)c3ccc(-c4cccc5c4oc4ccccc45)cc3)cc2)cc1. The zero-order valence-corrected chi connectivity index (χ0v) is 76.1. The predicted octanol–water partition coefficient (Wildman–Crippen LogP) is 38.2. The van der Waals surface area contributed by atoms with E-state index in [0.717, 1.165) is 251 Å². The maximum atomic E-state index is 6.97. The molecule has 140 heavy (non-hydrogen) atoms. The number of hydrogen-bond donors (Lipinski definition) is 0. The number of anilines is 12. The number of nitrogens with zero attached hydrogens (tertiary/aromatic N) is 4. The number of para-hydroxylation sites is 9. The fraction of sp³-hybridized carbons (Fsp3) is 0. The fourth-order valence-electron chi connectivity index (χ4n) is 20.6. The van der Waals surface area contributed by atoms with Crippen molar-refractivity contribution in [3.8, 4) is 100 Å². The molecule has 0 aliphatic rings. The summed E-state index contributed by atoms with van der Waals surface area (Å²) in [6, 6.07) is 187. The second-order valence-electron chi connectivity index (χ2n) is 35.7. The molecule has 0 aliphatic heterocycles. The molecule has 0 spiro atoms. The van der Waals surface area contributed by atoms with E-state index in [0.29, 0.717) is 0 Å². The van der Waals surface area contributed by atoms with Crippen LogP contribution in [-0.2, 0) is 0 Å². The largest absolute Gasteiger partial charge is 0.455 e. The van der Waals surface area contributed by atoms with Crippen LogP contribution >= 0.6 is 0 Å². The predicted molar refractivity (Wildman–Crippen MR) is 583 cm³/mol. The number of furan rings is 4. The molecule has 0 saturated heterocycles. The fourth-order valence-corrected chi connectivity index (χ4v) is 20.6. The first-order chi connectivity index (χ1) is 69.4. The Balaban J connectivity index is 0.475. The monoisotopic (exact) mass is 1790 g/mol. The summed E-state index contributed by atoms with van der Waals surface area (Å²) in [7, 11) is 0. The molecule has 0 amide bonds. The van der Waals surface area contributed by atoms with Crippen LogP contribution in [0.3, 0.4) is 0 Å². The van der Waals surface area contributed by atoms with Crippen LogP contribution < -0.4 is 19.6 Å². The van der Waals surface area contributed by atoms with Gasteiger partial charge >= 0.3 is 0 Å². The van der Waals surface area contributed by atoms with E-state index in [9.17, 15) is 0 Å². The summed E-state index contributed by atoms with van der Waals surface area (Å²) in [4.78, 5) is 9.32. The van der Waals surface area contributed by atoms with Crippen molar-refractivity contribution in [3.05, 3.63) is 522 Å². The molecule has 0 unspecified atom stereocenters. The van der Waals surface area contributed by atoms with Crippen LogP contribution in [0.15, 0.2) is 539 Å². The van der Waals surface area contributed by atoms with Crippen LogP contribution in [0.2, 0.25) is 0 Å². The van der Waals surface area contributed by atoms with Crippen LogP contribution in [-0.4, -0.2) is 0 Å². The van der Waals surface area contributed by atoms with Crippen LogP contribution in [0, 0.1) is 0 Å². The summed E-state index contributed by atoms with van der Waals surface area (Å²) in [5.74, 6) is 0. The molecular formula is C132H86N4O4.